The van der Waals surface area contributed by atoms with Gasteiger partial charge in [0.25, 0.3) is 0 Å². The van der Waals surface area contributed by atoms with Crippen LogP contribution in [0.15, 0.2) is 67.0 Å². The van der Waals surface area contributed by atoms with Crippen LogP contribution in [-0.4, -0.2) is 60.1 Å². The molecule has 0 bridgehead atoms. The Morgan fingerprint density at radius 3 is 2.30 bits per heavy atom. The van der Waals surface area contributed by atoms with Gasteiger partial charge in [0.2, 0.25) is 0 Å². The zero-order valence-corrected chi connectivity index (χ0v) is 23.8. The first-order valence-corrected chi connectivity index (χ1v) is 14.1. The van der Waals surface area contributed by atoms with Gasteiger partial charge in [0.05, 0.1) is 20.1 Å². The Kier molecular flexibility index (Phi) is 10.5. The summed E-state index contributed by atoms with van der Waals surface area (Å²) >= 11 is 0. The minimum Gasteiger partial charge on any atom is -0.497 e. The molecule has 11 heteroatoms. The second kappa shape index (κ2) is 14.3. The van der Waals surface area contributed by atoms with Crippen molar-refractivity contribution in [1.29, 1.82) is 0 Å². The Hall–Kier alpha value is -4.28. The number of ether oxygens (including phenoxy) is 2. The SMILES string of the molecule is COc1ccc(-c2cccnc2)c(N2CCC(COc3cccc([C@@H](CC(=O)O)C4CC4)c3)CC2)c1.O=C(O)C(F)(F)F. The van der Waals surface area contributed by atoms with E-state index in [2.05, 4.69) is 34.1 Å². The van der Waals surface area contributed by atoms with Gasteiger partial charge in [0.1, 0.15) is 11.5 Å². The molecule has 0 spiro atoms. The molecule has 2 heterocycles. The van der Waals surface area contributed by atoms with Crippen LogP contribution >= 0.6 is 0 Å². The number of alkyl halides is 3. The molecule has 2 fully saturated rings. The number of carbonyl (C=O) groups is 2. The Bertz CT molecular complexity index is 1370. The fourth-order valence-electron chi connectivity index (χ4n) is 5.30. The molecule has 1 aliphatic heterocycles. The number of carboxylic acid groups (broad SMARTS) is 2. The molecule has 1 aromatic heterocycles. The number of nitrogens with zero attached hydrogens (tertiary/aromatic N) is 2. The average Bonchev–Trinajstić information content (AvgIpc) is 3.85. The van der Waals surface area contributed by atoms with Crippen molar-refractivity contribution in [1.82, 2.24) is 4.98 Å². The number of pyridine rings is 1. The predicted octanol–water partition coefficient (Wildman–Crippen LogP) is 6.65. The van der Waals surface area contributed by atoms with Crippen molar-refractivity contribution in [3.8, 4) is 22.6 Å². The van der Waals surface area contributed by atoms with E-state index in [0.29, 0.717) is 18.4 Å². The maximum absolute atomic E-state index is 11.4. The van der Waals surface area contributed by atoms with E-state index in [1.165, 1.54) is 11.3 Å². The van der Waals surface area contributed by atoms with Crippen LogP contribution in [0.2, 0.25) is 0 Å². The van der Waals surface area contributed by atoms with Crippen molar-refractivity contribution >= 4 is 17.6 Å². The predicted molar refractivity (Wildman–Crippen MR) is 155 cm³/mol. The molecule has 1 aliphatic carbocycles. The van der Waals surface area contributed by atoms with E-state index in [9.17, 15) is 23.1 Å². The number of piperidine rings is 1. The summed E-state index contributed by atoms with van der Waals surface area (Å²) in [5.74, 6) is -0.719. The minimum absolute atomic E-state index is 0.0890. The van der Waals surface area contributed by atoms with Gasteiger partial charge in [-0.05, 0) is 79.3 Å². The lowest BCUT2D eigenvalue weighted by Gasteiger charge is -2.35. The van der Waals surface area contributed by atoms with Crippen molar-refractivity contribution in [2.75, 3.05) is 31.7 Å². The number of carboxylic acids is 2. The van der Waals surface area contributed by atoms with Gasteiger partial charge in [-0.2, -0.15) is 13.2 Å². The summed E-state index contributed by atoms with van der Waals surface area (Å²) in [6, 6.07) is 18.4. The van der Waals surface area contributed by atoms with Crippen molar-refractivity contribution in [3.05, 3.63) is 72.6 Å². The molecule has 2 aromatic carbocycles. The van der Waals surface area contributed by atoms with Crippen LogP contribution < -0.4 is 14.4 Å². The van der Waals surface area contributed by atoms with Crippen LogP contribution in [0.1, 0.15) is 43.6 Å². The number of hydrogen-bond donors (Lipinski definition) is 2. The molecule has 5 rings (SSSR count). The van der Waals surface area contributed by atoms with E-state index in [-0.39, 0.29) is 12.3 Å². The summed E-state index contributed by atoms with van der Waals surface area (Å²) < 4.78 is 43.5. The number of aromatic nitrogens is 1. The fourth-order valence-corrected chi connectivity index (χ4v) is 5.30. The van der Waals surface area contributed by atoms with E-state index in [1.807, 2.05) is 36.5 Å². The van der Waals surface area contributed by atoms with Gasteiger partial charge in [-0.3, -0.25) is 9.78 Å². The quantitative estimate of drug-likeness (QED) is 0.266. The van der Waals surface area contributed by atoms with Crippen molar-refractivity contribution in [3.63, 3.8) is 0 Å². The molecular formula is C32H35F3N2O6. The lowest BCUT2D eigenvalue weighted by molar-refractivity contribution is -0.192. The van der Waals surface area contributed by atoms with Crippen molar-refractivity contribution < 1.29 is 42.4 Å². The number of benzene rings is 2. The monoisotopic (exact) mass is 600 g/mol. The molecular weight excluding hydrogens is 565 g/mol. The van der Waals surface area contributed by atoms with Crippen LogP contribution in [0.5, 0.6) is 11.5 Å². The number of halogens is 3. The smallest absolute Gasteiger partial charge is 0.490 e. The van der Waals surface area contributed by atoms with Crippen LogP contribution in [0, 0.1) is 11.8 Å². The third-order valence-corrected chi connectivity index (χ3v) is 7.73. The molecule has 0 amide bonds. The number of hydrogen-bond acceptors (Lipinski definition) is 6. The summed E-state index contributed by atoms with van der Waals surface area (Å²) in [6.07, 6.45) is 3.16. The van der Waals surface area contributed by atoms with E-state index in [1.54, 1.807) is 13.3 Å². The molecule has 1 saturated carbocycles. The Morgan fingerprint density at radius 1 is 1.00 bits per heavy atom. The molecule has 43 heavy (non-hydrogen) atoms. The second-order valence-corrected chi connectivity index (χ2v) is 10.8. The zero-order valence-electron chi connectivity index (χ0n) is 23.8. The largest absolute Gasteiger partial charge is 0.497 e. The van der Waals surface area contributed by atoms with Gasteiger partial charge in [-0.15, -0.1) is 0 Å². The summed E-state index contributed by atoms with van der Waals surface area (Å²) in [5, 5.41) is 16.5. The highest BCUT2D eigenvalue weighted by molar-refractivity contribution is 5.79. The van der Waals surface area contributed by atoms with Gasteiger partial charge < -0.3 is 24.6 Å². The first kappa shape index (κ1) is 31.7. The van der Waals surface area contributed by atoms with Gasteiger partial charge in [0.15, 0.2) is 0 Å². The Balaban J connectivity index is 0.000000541. The molecule has 3 aromatic rings. The lowest BCUT2D eigenvalue weighted by atomic mass is 9.91. The normalized spacial score (nSPS) is 16.0. The highest BCUT2D eigenvalue weighted by Crippen LogP contribution is 2.45. The highest BCUT2D eigenvalue weighted by Gasteiger charge is 2.38. The average molecular weight is 601 g/mol. The number of anilines is 1. The Morgan fingerprint density at radius 2 is 1.72 bits per heavy atom. The first-order chi connectivity index (χ1) is 20.5. The summed E-state index contributed by atoms with van der Waals surface area (Å²) in [6.45, 7) is 2.59. The molecule has 1 saturated heterocycles. The number of methoxy groups -OCH3 is 1. The molecule has 2 aliphatic rings. The van der Waals surface area contributed by atoms with Crippen LogP contribution in [-0.2, 0) is 9.59 Å². The highest BCUT2D eigenvalue weighted by atomic mass is 19.4. The van der Waals surface area contributed by atoms with Crippen LogP contribution in [0.25, 0.3) is 11.1 Å². The van der Waals surface area contributed by atoms with E-state index >= 15 is 0 Å². The molecule has 2 N–H and O–H groups in total. The zero-order chi connectivity index (χ0) is 31.0. The van der Waals surface area contributed by atoms with E-state index < -0.39 is 18.1 Å². The second-order valence-electron chi connectivity index (χ2n) is 10.8. The van der Waals surface area contributed by atoms with Gasteiger partial charge in [0, 0.05) is 48.4 Å². The van der Waals surface area contributed by atoms with Crippen molar-refractivity contribution in [2.24, 2.45) is 11.8 Å². The third-order valence-electron chi connectivity index (χ3n) is 7.73. The summed E-state index contributed by atoms with van der Waals surface area (Å²) in [7, 11) is 1.70. The lowest BCUT2D eigenvalue weighted by Crippen LogP contribution is -2.35. The van der Waals surface area contributed by atoms with E-state index in [4.69, 9.17) is 19.4 Å². The standard InChI is InChI=1S/C30H34N2O4.C2HF3O2/c1-35-25-9-10-27(24-5-3-13-31-19-24)29(17-25)32-14-11-21(12-15-32)20-36-26-6-2-4-23(16-26)28(18-30(33)34)22-7-8-22;3-2(4,5)1(6)7/h2-6,9-10,13,16-17,19,21-22,28H,7-8,11-12,14-15,18,20H2,1H3,(H,33,34);(H,6,7)/t28-;/m0./s1. The maximum atomic E-state index is 11.4. The van der Waals surface area contributed by atoms with Gasteiger partial charge in [-0.25, -0.2) is 4.79 Å². The van der Waals surface area contributed by atoms with E-state index in [0.717, 1.165) is 61.4 Å². The van der Waals surface area contributed by atoms with Crippen molar-refractivity contribution in [2.45, 2.75) is 44.2 Å². The maximum Gasteiger partial charge on any atom is 0.490 e. The molecule has 230 valence electrons. The minimum atomic E-state index is -5.08. The Labute approximate surface area is 248 Å². The molecule has 0 unspecified atom stereocenters. The van der Waals surface area contributed by atoms with Crippen LogP contribution in [0.3, 0.4) is 0 Å². The molecule has 8 nitrogen and oxygen atoms in total. The number of aliphatic carboxylic acids is 2. The summed E-state index contributed by atoms with van der Waals surface area (Å²) in [4.78, 5) is 27.0. The third kappa shape index (κ3) is 9.10. The topological polar surface area (TPSA) is 109 Å². The van der Waals surface area contributed by atoms with Gasteiger partial charge in [-0.1, -0.05) is 18.2 Å². The fraction of sp³-hybridized carbons (Fsp3) is 0.406. The first-order valence-electron chi connectivity index (χ1n) is 14.1. The van der Waals surface area contributed by atoms with Crippen LogP contribution in [0.4, 0.5) is 18.9 Å². The summed E-state index contributed by atoms with van der Waals surface area (Å²) in [5.41, 5.74) is 4.54. The molecule has 1 atom stereocenters. The molecule has 0 radical (unpaired) electrons. The number of rotatable bonds is 10. The van der Waals surface area contributed by atoms with Gasteiger partial charge >= 0.3 is 18.1 Å².